The molecule has 140 valence electrons. The van der Waals surface area contributed by atoms with Gasteiger partial charge in [0, 0.05) is 37.9 Å². The molecule has 0 radical (unpaired) electrons. The molecule has 1 unspecified atom stereocenters. The third kappa shape index (κ3) is 6.53. The van der Waals surface area contributed by atoms with E-state index in [-0.39, 0.29) is 6.03 Å². The number of aromatic nitrogens is 1. The smallest absolute Gasteiger partial charge is 0.315 e. The van der Waals surface area contributed by atoms with Crippen molar-refractivity contribution in [1.82, 2.24) is 15.6 Å². The first-order valence-corrected chi connectivity index (χ1v) is 9.52. The monoisotopic (exact) mass is 348 g/mol. The van der Waals surface area contributed by atoms with Gasteiger partial charge >= 0.3 is 6.03 Å². The van der Waals surface area contributed by atoms with Crippen molar-refractivity contribution in [3.8, 4) is 0 Å². The first-order chi connectivity index (χ1) is 12.2. The number of hydrogen-bond acceptors (Lipinski definition) is 4. The summed E-state index contributed by atoms with van der Waals surface area (Å²) in [5.74, 6) is 1.51. The average molecular weight is 348 g/mol. The maximum absolute atomic E-state index is 12.1. The number of rotatable bonds is 9. The number of carbonyl (C=O) groups is 1. The second-order valence-corrected chi connectivity index (χ2v) is 6.57. The van der Waals surface area contributed by atoms with E-state index >= 15 is 0 Å². The Hall–Kier alpha value is -1.82. The highest BCUT2D eigenvalue weighted by atomic mass is 16.5. The lowest BCUT2D eigenvalue weighted by molar-refractivity contribution is 0.122. The SMILES string of the molecule is CCCCC(CC)CNC(=O)NCc1cccnc1N1CCOCC1. The van der Waals surface area contributed by atoms with E-state index in [0.29, 0.717) is 12.5 Å². The van der Waals surface area contributed by atoms with Crippen molar-refractivity contribution in [2.24, 2.45) is 5.92 Å². The maximum atomic E-state index is 12.1. The predicted octanol–water partition coefficient (Wildman–Crippen LogP) is 2.93. The van der Waals surface area contributed by atoms with Crippen molar-refractivity contribution in [3.05, 3.63) is 23.9 Å². The van der Waals surface area contributed by atoms with E-state index in [2.05, 4.69) is 34.4 Å². The predicted molar refractivity (Wildman–Crippen MR) is 101 cm³/mol. The molecule has 1 aromatic rings. The van der Waals surface area contributed by atoms with Gasteiger partial charge in [0.05, 0.1) is 13.2 Å². The van der Waals surface area contributed by atoms with Crippen LogP contribution in [-0.4, -0.2) is 43.9 Å². The molecule has 6 nitrogen and oxygen atoms in total. The molecule has 6 heteroatoms. The molecule has 1 aromatic heterocycles. The van der Waals surface area contributed by atoms with E-state index in [0.717, 1.165) is 50.7 Å². The number of ether oxygens (including phenoxy) is 1. The quantitative estimate of drug-likeness (QED) is 0.720. The molecular formula is C19H32N4O2. The zero-order valence-corrected chi connectivity index (χ0v) is 15.6. The van der Waals surface area contributed by atoms with E-state index in [1.807, 2.05) is 12.1 Å². The van der Waals surface area contributed by atoms with Crippen LogP contribution in [0.4, 0.5) is 10.6 Å². The lowest BCUT2D eigenvalue weighted by atomic mass is 9.99. The van der Waals surface area contributed by atoms with Crippen LogP contribution in [0.2, 0.25) is 0 Å². The standard InChI is InChI=1S/C19H32N4O2/c1-3-5-7-16(4-2)14-21-19(24)22-15-17-8-6-9-20-18(17)23-10-12-25-13-11-23/h6,8-9,16H,3-5,7,10-15H2,1-2H3,(H2,21,22,24). The number of nitrogens with one attached hydrogen (secondary N) is 2. The minimum atomic E-state index is -0.105. The highest BCUT2D eigenvalue weighted by Gasteiger charge is 2.16. The van der Waals surface area contributed by atoms with Gasteiger partial charge in [-0.2, -0.15) is 0 Å². The summed E-state index contributed by atoms with van der Waals surface area (Å²) in [5, 5.41) is 5.97. The van der Waals surface area contributed by atoms with Crippen molar-refractivity contribution in [2.75, 3.05) is 37.7 Å². The number of anilines is 1. The Morgan fingerprint density at radius 2 is 2.12 bits per heavy atom. The molecule has 0 spiro atoms. The average Bonchev–Trinajstić information content (AvgIpc) is 2.67. The largest absolute Gasteiger partial charge is 0.378 e. The van der Waals surface area contributed by atoms with Crippen LogP contribution < -0.4 is 15.5 Å². The molecule has 0 bridgehead atoms. The van der Waals surface area contributed by atoms with Gasteiger partial charge in [0.25, 0.3) is 0 Å². The van der Waals surface area contributed by atoms with E-state index in [9.17, 15) is 4.79 Å². The van der Waals surface area contributed by atoms with E-state index in [4.69, 9.17) is 4.74 Å². The molecule has 1 fully saturated rings. The van der Waals surface area contributed by atoms with Gasteiger partial charge in [-0.1, -0.05) is 39.2 Å². The highest BCUT2D eigenvalue weighted by molar-refractivity contribution is 5.74. The van der Waals surface area contributed by atoms with Gasteiger partial charge in [-0.3, -0.25) is 0 Å². The lowest BCUT2D eigenvalue weighted by Crippen LogP contribution is -2.39. The molecule has 2 heterocycles. The van der Waals surface area contributed by atoms with Crippen LogP contribution in [-0.2, 0) is 11.3 Å². The van der Waals surface area contributed by atoms with Crippen molar-refractivity contribution < 1.29 is 9.53 Å². The summed E-state index contributed by atoms with van der Waals surface area (Å²) in [6, 6.07) is 3.83. The fourth-order valence-electron chi connectivity index (χ4n) is 3.05. The van der Waals surface area contributed by atoms with Crippen molar-refractivity contribution in [1.29, 1.82) is 0 Å². The molecule has 2 rings (SSSR count). The fourth-order valence-corrected chi connectivity index (χ4v) is 3.05. The van der Waals surface area contributed by atoms with Crippen LogP contribution >= 0.6 is 0 Å². The van der Waals surface area contributed by atoms with E-state index in [1.165, 1.54) is 19.3 Å². The van der Waals surface area contributed by atoms with Gasteiger partial charge in [0.2, 0.25) is 0 Å². The molecule has 0 aromatic carbocycles. The summed E-state index contributed by atoms with van der Waals surface area (Å²) in [4.78, 5) is 18.8. The van der Waals surface area contributed by atoms with Gasteiger partial charge in [0.1, 0.15) is 5.82 Å². The molecule has 25 heavy (non-hydrogen) atoms. The van der Waals surface area contributed by atoms with Gasteiger partial charge < -0.3 is 20.3 Å². The van der Waals surface area contributed by atoms with E-state index in [1.54, 1.807) is 6.20 Å². The van der Waals surface area contributed by atoms with Crippen LogP contribution in [0.15, 0.2) is 18.3 Å². The Bertz CT molecular complexity index is 518. The second-order valence-electron chi connectivity index (χ2n) is 6.57. The van der Waals surface area contributed by atoms with Crippen LogP contribution in [0.3, 0.4) is 0 Å². The number of pyridine rings is 1. The lowest BCUT2D eigenvalue weighted by Gasteiger charge is -2.29. The number of morpholine rings is 1. The number of nitrogens with zero attached hydrogens (tertiary/aromatic N) is 2. The molecule has 1 aliphatic heterocycles. The Morgan fingerprint density at radius 3 is 2.84 bits per heavy atom. The van der Waals surface area contributed by atoms with Gasteiger partial charge in [-0.15, -0.1) is 0 Å². The van der Waals surface area contributed by atoms with Crippen molar-refractivity contribution in [3.63, 3.8) is 0 Å². The maximum Gasteiger partial charge on any atom is 0.315 e. The fraction of sp³-hybridized carbons (Fsp3) is 0.684. The minimum Gasteiger partial charge on any atom is -0.378 e. The molecule has 1 saturated heterocycles. The first kappa shape index (κ1) is 19.5. The molecule has 1 aliphatic rings. The number of carbonyl (C=O) groups excluding carboxylic acids is 1. The molecule has 1 atom stereocenters. The van der Waals surface area contributed by atoms with Gasteiger partial charge in [-0.05, 0) is 18.4 Å². The molecular weight excluding hydrogens is 316 g/mol. The van der Waals surface area contributed by atoms with Crippen LogP contribution in [0.25, 0.3) is 0 Å². The molecule has 0 saturated carbocycles. The first-order valence-electron chi connectivity index (χ1n) is 9.52. The summed E-state index contributed by atoms with van der Waals surface area (Å²) in [6.45, 7) is 8.73. The number of hydrogen-bond donors (Lipinski definition) is 2. The zero-order chi connectivity index (χ0) is 17.9. The van der Waals surface area contributed by atoms with E-state index < -0.39 is 0 Å². The highest BCUT2D eigenvalue weighted by Crippen LogP contribution is 2.18. The number of urea groups is 1. The van der Waals surface area contributed by atoms with Crippen LogP contribution in [0.1, 0.15) is 45.1 Å². The molecule has 2 N–H and O–H groups in total. The molecule has 2 amide bonds. The van der Waals surface area contributed by atoms with Crippen molar-refractivity contribution >= 4 is 11.8 Å². The third-order valence-corrected chi connectivity index (χ3v) is 4.71. The summed E-state index contributed by atoms with van der Waals surface area (Å²) in [5.41, 5.74) is 1.04. The van der Waals surface area contributed by atoms with Gasteiger partial charge in [-0.25, -0.2) is 9.78 Å². The zero-order valence-electron chi connectivity index (χ0n) is 15.6. The van der Waals surface area contributed by atoms with Gasteiger partial charge in [0.15, 0.2) is 0 Å². The minimum absolute atomic E-state index is 0.105. The second kappa shape index (κ2) is 10.9. The van der Waals surface area contributed by atoms with Crippen LogP contribution in [0.5, 0.6) is 0 Å². The summed E-state index contributed by atoms with van der Waals surface area (Å²) < 4.78 is 5.40. The van der Waals surface area contributed by atoms with Crippen LogP contribution in [0, 0.1) is 5.92 Å². The molecule has 0 aliphatic carbocycles. The third-order valence-electron chi connectivity index (χ3n) is 4.71. The summed E-state index contributed by atoms with van der Waals surface area (Å²) in [7, 11) is 0. The summed E-state index contributed by atoms with van der Waals surface area (Å²) >= 11 is 0. The van der Waals surface area contributed by atoms with Crippen molar-refractivity contribution in [2.45, 2.75) is 46.1 Å². The Balaban J connectivity index is 1.81. The topological polar surface area (TPSA) is 66.5 Å². The Morgan fingerprint density at radius 1 is 1.32 bits per heavy atom. The summed E-state index contributed by atoms with van der Waals surface area (Å²) in [6.07, 6.45) is 6.50. The number of unbranched alkanes of at least 4 members (excludes halogenated alkanes) is 1. The normalized spacial score (nSPS) is 15.7. The Kier molecular flexibility index (Phi) is 8.52. The number of amides is 2. The Labute approximate surface area is 151 Å².